The number of carboxylic acid groups (broad SMARTS) is 1. The van der Waals surface area contributed by atoms with E-state index < -0.39 is 5.97 Å². The second-order valence-electron chi connectivity index (χ2n) is 6.21. The van der Waals surface area contributed by atoms with E-state index in [0.717, 1.165) is 24.1 Å². The first-order valence-corrected chi connectivity index (χ1v) is 7.83. The molecule has 1 saturated carbocycles. The van der Waals surface area contributed by atoms with Crippen LogP contribution in [0.15, 0.2) is 18.2 Å². The second kappa shape index (κ2) is 6.06. The molecule has 0 amide bonds. The SMILES string of the molecule is COc1cc(CN2CCC3CCCCC32)ccc1C(=O)O. The monoisotopic (exact) mass is 289 g/mol. The zero-order valence-corrected chi connectivity index (χ0v) is 12.5. The van der Waals surface area contributed by atoms with Gasteiger partial charge < -0.3 is 9.84 Å². The summed E-state index contributed by atoms with van der Waals surface area (Å²) in [6, 6.07) is 6.18. The summed E-state index contributed by atoms with van der Waals surface area (Å²) >= 11 is 0. The zero-order valence-electron chi connectivity index (χ0n) is 12.5. The van der Waals surface area contributed by atoms with E-state index >= 15 is 0 Å². The van der Waals surface area contributed by atoms with Gasteiger partial charge in [-0.1, -0.05) is 18.9 Å². The number of benzene rings is 1. The summed E-state index contributed by atoms with van der Waals surface area (Å²) in [6.45, 7) is 2.07. The average Bonchev–Trinajstić information content (AvgIpc) is 2.90. The van der Waals surface area contributed by atoms with E-state index in [1.165, 1.54) is 45.8 Å². The molecule has 1 heterocycles. The molecule has 4 heteroatoms. The Morgan fingerprint density at radius 3 is 2.90 bits per heavy atom. The fourth-order valence-corrected chi connectivity index (χ4v) is 3.94. The maximum absolute atomic E-state index is 11.1. The molecule has 21 heavy (non-hydrogen) atoms. The van der Waals surface area contributed by atoms with Crippen molar-refractivity contribution in [3.63, 3.8) is 0 Å². The van der Waals surface area contributed by atoms with Crippen LogP contribution in [0.1, 0.15) is 48.0 Å². The average molecular weight is 289 g/mol. The smallest absolute Gasteiger partial charge is 0.339 e. The van der Waals surface area contributed by atoms with E-state index in [-0.39, 0.29) is 5.56 Å². The minimum absolute atomic E-state index is 0.234. The molecule has 0 radical (unpaired) electrons. The Morgan fingerprint density at radius 1 is 1.33 bits per heavy atom. The third kappa shape index (κ3) is 2.91. The Morgan fingerprint density at radius 2 is 2.14 bits per heavy atom. The Kier molecular flexibility index (Phi) is 4.15. The third-order valence-corrected chi connectivity index (χ3v) is 5.01. The van der Waals surface area contributed by atoms with E-state index in [9.17, 15) is 4.79 Å². The summed E-state index contributed by atoms with van der Waals surface area (Å²) in [5, 5.41) is 9.14. The minimum Gasteiger partial charge on any atom is -0.496 e. The van der Waals surface area contributed by atoms with Gasteiger partial charge in [-0.05, 0) is 49.4 Å². The molecular weight excluding hydrogens is 266 g/mol. The molecular formula is C17H23NO3. The van der Waals surface area contributed by atoms with Gasteiger partial charge in [-0.25, -0.2) is 4.79 Å². The van der Waals surface area contributed by atoms with E-state index in [0.29, 0.717) is 5.75 Å². The number of carbonyl (C=O) groups is 1. The van der Waals surface area contributed by atoms with Crippen LogP contribution in [0.5, 0.6) is 5.75 Å². The highest BCUT2D eigenvalue weighted by Gasteiger charge is 2.35. The zero-order chi connectivity index (χ0) is 14.8. The molecule has 1 aliphatic heterocycles. The number of nitrogens with zero attached hydrogens (tertiary/aromatic N) is 1. The molecule has 1 aliphatic carbocycles. The highest BCUT2D eigenvalue weighted by Crippen LogP contribution is 2.37. The molecule has 1 N–H and O–H groups in total. The van der Waals surface area contributed by atoms with Gasteiger partial charge in [0.2, 0.25) is 0 Å². The van der Waals surface area contributed by atoms with E-state index in [1.54, 1.807) is 6.07 Å². The predicted octanol–water partition coefficient (Wildman–Crippen LogP) is 3.16. The lowest BCUT2D eigenvalue weighted by molar-refractivity contribution is 0.0693. The van der Waals surface area contributed by atoms with Gasteiger partial charge in [0.05, 0.1) is 7.11 Å². The predicted molar refractivity (Wildman–Crippen MR) is 80.7 cm³/mol. The van der Waals surface area contributed by atoms with Crippen molar-refractivity contribution in [3.8, 4) is 5.75 Å². The summed E-state index contributed by atoms with van der Waals surface area (Å²) in [7, 11) is 1.53. The van der Waals surface area contributed by atoms with Crippen molar-refractivity contribution in [2.75, 3.05) is 13.7 Å². The molecule has 3 rings (SSSR count). The number of hydrogen-bond donors (Lipinski definition) is 1. The number of ether oxygens (including phenoxy) is 1. The summed E-state index contributed by atoms with van der Waals surface area (Å²) < 4.78 is 5.22. The molecule has 0 bridgehead atoms. The molecule has 0 spiro atoms. The summed E-state index contributed by atoms with van der Waals surface area (Å²) in [6.07, 6.45) is 6.74. The lowest BCUT2D eigenvalue weighted by Crippen LogP contribution is -2.34. The van der Waals surface area contributed by atoms with Crippen molar-refractivity contribution in [2.24, 2.45) is 5.92 Å². The van der Waals surface area contributed by atoms with Gasteiger partial charge in [-0.3, -0.25) is 4.90 Å². The molecule has 2 fully saturated rings. The van der Waals surface area contributed by atoms with Crippen molar-refractivity contribution < 1.29 is 14.6 Å². The van der Waals surface area contributed by atoms with E-state index in [4.69, 9.17) is 9.84 Å². The van der Waals surface area contributed by atoms with Crippen molar-refractivity contribution in [2.45, 2.75) is 44.7 Å². The molecule has 4 nitrogen and oxygen atoms in total. The Bertz CT molecular complexity index is 529. The number of fused-ring (bicyclic) bond motifs is 1. The number of hydrogen-bond acceptors (Lipinski definition) is 3. The fourth-order valence-electron chi connectivity index (χ4n) is 3.94. The standard InChI is InChI=1S/C17H23NO3/c1-21-16-10-12(6-7-14(16)17(19)20)11-18-9-8-13-4-2-3-5-15(13)18/h6-7,10,13,15H,2-5,8-9,11H2,1H3,(H,19,20). The van der Waals surface area contributed by atoms with Gasteiger partial charge in [-0.15, -0.1) is 0 Å². The molecule has 1 aromatic rings. The van der Waals surface area contributed by atoms with Crippen LogP contribution in [0.3, 0.4) is 0 Å². The first kappa shape index (κ1) is 14.4. The van der Waals surface area contributed by atoms with Crippen LogP contribution in [-0.2, 0) is 6.54 Å². The Labute approximate surface area is 125 Å². The summed E-state index contributed by atoms with van der Waals surface area (Å²) in [5.74, 6) is 0.394. The van der Waals surface area contributed by atoms with Crippen LogP contribution in [0, 0.1) is 5.92 Å². The molecule has 2 atom stereocenters. The van der Waals surface area contributed by atoms with Crippen LogP contribution in [0.2, 0.25) is 0 Å². The normalized spacial score (nSPS) is 25.6. The molecule has 2 aliphatic rings. The summed E-state index contributed by atoms with van der Waals surface area (Å²) in [4.78, 5) is 13.7. The molecule has 0 aromatic heterocycles. The first-order valence-electron chi connectivity index (χ1n) is 7.83. The van der Waals surface area contributed by atoms with Gasteiger partial charge in [0, 0.05) is 12.6 Å². The third-order valence-electron chi connectivity index (χ3n) is 5.01. The lowest BCUT2D eigenvalue weighted by Gasteiger charge is -2.31. The second-order valence-corrected chi connectivity index (χ2v) is 6.21. The van der Waals surface area contributed by atoms with Crippen LogP contribution in [-0.4, -0.2) is 35.7 Å². The number of rotatable bonds is 4. The number of likely N-dealkylation sites (tertiary alicyclic amines) is 1. The van der Waals surface area contributed by atoms with Crippen molar-refractivity contribution in [1.29, 1.82) is 0 Å². The summed E-state index contributed by atoms with van der Waals surface area (Å²) in [5.41, 5.74) is 1.38. The minimum atomic E-state index is -0.938. The van der Waals surface area contributed by atoms with E-state index in [2.05, 4.69) is 4.90 Å². The topological polar surface area (TPSA) is 49.8 Å². The highest BCUT2D eigenvalue weighted by atomic mass is 16.5. The molecule has 2 unspecified atom stereocenters. The van der Waals surface area contributed by atoms with Gasteiger partial charge in [0.15, 0.2) is 0 Å². The highest BCUT2D eigenvalue weighted by molar-refractivity contribution is 5.90. The maximum atomic E-state index is 11.1. The van der Waals surface area contributed by atoms with Gasteiger partial charge >= 0.3 is 5.97 Å². The van der Waals surface area contributed by atoms with Crippen LogP contribution >= 0.6 is 0 Å². The van der Waals surface area contributed by atoms with Crippen molar-refractivity contribution >= 4 is 5.97 Å². The Balaban J connectivity index is 1.74. The molecule has 1 aromatic carbocycles. The first-order chi connectivity index (χ1) is 10.2. The van der Waals surface area contributed by atoms with E-state index in [1.807, 2.05) is 12.1 Å². The van der Waals surface area contributed by atoms with Crippen molar-refractivity contribution in [1.82, 2.24) is 4.90 Å². The maximum Gasteiger partial charge on any atom is 0.339 e. The van der Waals surface area contributed by atoms with Gasteiger partial charge in [0.25, 0.3) is 0 Å². The van der Waals surface area contributed by atoms with Gasteiger partial charge in [0.1, 0.15) is 11.3 Å². The number of carboxylic acids is 1. The molecule has 114 valence electrons. The van der Waals surface area contributed by atoms with Crippen LogP contribution < -0.4 is 4.74 Å². The van der Waals surface area contributed by atoms with Crippen LogP contribution in [0.4, 0.5) is 0 Å². The number of methoxy groups -OCH3 is 1. The fraction of sp³-hybridized carbons (Fsp3) is 0.588. The lowest BCUT2D eigenvalue weighted by atomic mass is 9.85. The number of aromatic carboxylic acids is 1. The largest absolute Gasteiger partial charge is 0.496 e. The van der Waals surface area contributed by atoms with Crippen molar-refractivity contribution in [3.05, 3.63) is 29.3 Å². The quantitative estimate of drug-likeness (QED) is 0.925. The van der Waals surface area contributed by atoms with Crippen LogP contribution in [0.25, 0.3) is 0 Å². The Hall–Kier alpha value is -1.55. The van der Waals surface area contributed by atoms with Gasteiger partial charge in [-0.2, -0.15) is 0 Å². The molecule has 1 saturated heterocycles.